The minimum atomic E-state index is -0.457. The number of hydrogen-bond donors (Lipinski definition) is 0. The largest absolute Gasteiger partial charge is 0.456 e. The third-order valence-corrected chi connectivity index (χ3v) is 13.5. The molecule has 2 aliphatic carbocycles. The zero-order valence-corrected chi connectivity index (χ0v) is 31.8. The van der Waals surface area contributed by atoms with Crippen LogP contribution in [0.15, 0.2) is 203 Å². The van der Waals surface area contributed by atoms with Crippen molar-refractivity contribution >= 4 is 65.4 Å². The van der Waals surface area contributed by atoms with Gasteiger partial charge in [0.05, 0.1) is 5.41 Å². The molecular formula is C57H32O2. The number of fused-ring (bicyclic) bond motifs is 20. The van der Waals surface area contributed by atoms with Gasteiger partial charge < -0.3 is 8.83 Å². The fourth-order valence-electron chi connectivity index (χ4n) is 11.1. The second-order valence-corrected chi connectivity index (χ2v) is 16.2. The number of benzene rings is 10. The Balaban J connectivity index is 1.06. The smallest absolute Gasteiger partial charge is 0.143 e. The Morgan fingerprint density at radius 2 is 0.898 bits per heavy atom. The molecule has 0 aliphatic heterocycles. The summed E-state index contributed by atoms with van der Waals surface area (Å²) >= 11 is 0. The topological polar surface area (TPSA) is 26.3 Å². The summed E-state index contributed by atoms with van der Waals surface area (Å²) in [7, 11) is 0. The minimum absolute atomic E-state index is 0.457. The van der Waals surface area contributed by atoms with Gasteiger partial charge in [0, 0.05) is 26.9 Å². The zero-order valence-electron chi connectivity index (χ0n) is 31.8. The maximum absolute atomic E-state index is 6.68. The van der Waals surface area contributed by atoms with Gasteiger partial charge in [0.25, 0.3) is 0 Å². The highest BCUT2D eigenvalue weighted by molar-refractivity contribution is 6.19. The van der Waals surface area contributed by atoms with Gasteiger partial charge in [-0.05, 0) is 119 Å². The van der Waals surface area contributed by atoms with Gasteiger partial charge in [0.15, 0.2) is 0 Å². The highest BCUT2D eigenvalue weighted by atomic mass is 16.3. The summed E-state index contributed by atoms with van der Waals surface area (Å²) < 4.78 is 13.1. The first kappa shape index (κ1) is 31.4. The second-order valence-electron chi connectivity index (χ2n) is 16.2. The molecule has 1 spiro atoms. The summed E-state index contributed by atoms with van der Waals surface area (Å²) in [6.45, 7) is 0. The molecule has 59 heavy (non-hydrogen) atoms. The monoisotopic (exact) mass is 748 g/mol. The summed E-state index contributed by atoms with van der Waals surface area (Å²) in [4.78, 5) is 0. The molecule has 12 aromatic rings. The van der Waals surface area contributed by atoms with Crippen molar-refractivity contribution in [1.29, 1.82) is 0 Å². The van der Waals surface area contributed by atoms with E-state index in [1.54, 1.807) is 0 Å². The fraction of sp³-hybridized carbons (Fsp3) is 0.0175. The molecule has 0 unspecified atom stereocenters. The molecule has 2 aromatic heterocycles. The predicted molar refractivity (Wildman–Crippen MR) is 243 cm³/mol. The summed E-state index contributed by atoms with van der Waals surface area (Å²) in [5, 5.41) is 9.37. The Labute approximate surface area is 339 Å². The van der Waals surface area contributed by atoms with Crippen molar-refractivity contribution in [2.45, 2.75) is 5.41 Å². The molecule has 2 heterocycles. The SMILES string of the molecule is c1ccc2c(c1)-c1ccccc1C21c2ccc(-c3cccc4oc5c6ccccc6ccc5c34)cc2-c2c1ccc1c(-c3ccc4c(c3)oc3ccccc34)cccc21. The maximum Gasteiger partial charge on any atom is 0.143 e. The van der Waals surface area contributed by atoms with Crippen LogP contribution in [0.4, 0.5) is 0 Å². The molecule has 2 nitrogen and oxygen atoms in total. The van der Waals surface area contributed by atoms with Crippen LogP contribution < -0.4 is 0 Å². The molecule has 10 aromatic carbocycles. The van der Waals surface area contributed by atoms with Gasteiger partial charge >= 0.3 is 0 Å². The molecule has 272 valence electrons. The Morgan fingerprint density at radius 3 is 1.78 bits per heavy atom. The first-order chi connectivity index (χ1) is 29.3. The van der Waals surface area contributed by atoms with Crippen LogP contribution in [0.25, 0.3) is 110 Å². The van der Waals surface area contributed by atoms with E-state index < -0.39 is 5.41 Å². The summed E-state index contributed by atoms with van der Waals surface area (Å²) in [6.07, 6.45) is 0. The molecule has 0 amide bonds. The zero-order chi connectivity index (χ0) is 38.4. The van der Waals surface area contributed by atoms with Crippen LogP contribution in [0.2, 0.25) is 0 Å². The molecule has 0 saturated heterocycles. The van der Waals surface area contributed by atoms with Gasteiger partial charge in [-0.2, -0.15) is 0 Å². The van der Waals surface area contributed by atoms with Crippen LogP contribution in [0.3, 0.4) is 0 Å². The van der Waals surface area contributed by atoms with Gasteiger partial charge in [-0.15, -0.1) is 0 Å². The minimum Gasteiger partial charge on any atom is -0.456 e. The molecule has 0 N–H and O–H groups in total. The van der Waals surface area contributed by atoms with Crippen LogP contribution in [0.1, 0.15) is 22.3 Å². The van der Waals surface area contributed by atoms with Crippen LogP contribution in [0.5, 0.6) is 0 Å². The Morgan fingerprint density at radius 1 is 0.305 bits per heavy atom. The Kier molecular flexibility index (Phi) is 5.99. The van der Waals surface area contributed by atoms with Crippen molar-refractivity contribution in [3.63, 3.8) is 0 Å². The van der Waals surface area contributed by atoms with Gasteiger partial charge in [0.1, 0.15) is 22.3 Å². The van der Waals surface area contributed by atoms with Gasteiger partial charge in [-0.3, -0.25) is 0 Å². The predicted octanol–water partition coefficient (Wildman–Crippen LogP) is 15.5. The van der Waals surface area contributed by atoms with E-state index in [4.69, 9.17) is 8.83 Å². The van der Waals surface area contributed by atoms with E-state index in [2.05, 4.69) is 188 Å². The molecular weight excluding hydrogens is 717 g/mol. The number of rotatable bonds is 2. The molecule has 0 fully saturated rings. The van der Waals surface area contributed by atoms with Crippen molar-refractivity contribution in [2.75, 3.05) is 0 Å². The molecule has 2 aliphatic rings. The van der Waals surface area contributed by atoms with Crippen molar-refractivity contribution in [3.8, 4) is 44.5 Å². The van der Waals surface area contributed by atoms with E-state index in [9.17, 15) is 0 Å². The van der Waals surface area contributed by atoms with Crippen LogP contribution in [-0.2, 0) is 5.41 Å². The molecule has 0 saturated carbocycles. The molecule has 2 heteroatoms. The van der Waals surface area contributed by atoms with Gasteiger partial charge in [-0.25, -0.2) is 0 Å². The third-order valence-electron chi connectivity index (χ3n) is 13.5. The Bertz CT molecular complexity index is 3750. The first-order valence-electron chi connectivity index (χ1n) is 20.4. The quantitative estimate of drug-likeness (QED) is 0.176. The fourth-order valence-corrected chi connectivity index (χ4v) is 11.1. The lowest BCUT2D eigenvalue weighted by molar-refractivity contribution is 0.669. The highest BCUT2D eigenvalue weighted by Gasteiger charge is 2.52. The van der Waals surface area contributed by atoms with E-state index in [0.29, 0.717) is 0 Å². The molecule has 0 radical (unpaired) electrons. The summed E-state index contributed by atoms with van der Waals surface area (Å²) in [5.41, 5.74) is 18.4. The van der Waals surface area contributed by atoms with Crippen LogP contribution in [-0.4, -0.2) is 0 Å². The average molecular weight is 749 g/mol. The van der Waals surface area contributed by atoms with Gasteiger partial charge in [-0.1, -0.05) is 158 Å². The van der Waals surface area contributed by atoms with E-state index in [1.165, 1.54) is 77.4 Å². The number of para-hydroxylation sites is 1. The summed E-state index contributed by atoms with van der Waals surface area (Å²) in [6, 6.07) is 71.4. The Hall–Kier alpha value is -7.68. The van der Waals surface area contributed by atoms with E-state index in [1.807, 2.05) is 6.07 Å². The van der Waals surface area contributed by atoms with Gasteiger partial charge in [0.2, 0.25) is 0 Å². The normalized spacial score (nSPS) is 13.6. The van der Waals surface area contributed by atoms with E-state index in [0.717, 1.165) is 54.8 Å². The second kappa shape index (κ2) is 11.2. The van der Waals surface area contributed by atoms with Crippen LogP contribution >= 0.6 is 0 Å². The number of hydrogen-bond acceptors (Lipinski definition) is 2. The van der Waals surface area contributed by atoms with E-state index in [-0.39, 0.29) is 0 Å². The first-order valence-corrected chi connectivity index (χ1v) is 20.4. The summed E-state index contributed by atoms with van der Waals surface area (Å²) in [5.74, 6) is 0. The van der Waals surface area contributed by atoms with E-state index >= 15 is 0 Å². The van der Waals surface area contributed by atoms with Crippen LogP contribution in [0, 0.1) is 0 Å². The third kappa shape index (κ3) is 3.96. The molecule has 0 bridgehead atoms. The average Bonchev–Trinajstić information content (AvgIpc) is 4.03. The molecule has 0 atom stereocenters. The lowest BCUT2D eigenvalue weighted by Gasteiger charge is -2.30. The lowest BCUT2D eigenvalue weighted by atomic mass is 9.70. The van der Waals surface area contributed by atoms with Crippen molar-refractivity contribution in [1.82, 2.24) is 0 Å². The molecule has 14 rings (SSSR count). The van der Waals surface area contributed by atoms with Crippen molar-refractivity contribution in [2.24, 2.45) is 0 Å². The standard InChI is InChI=1S/C57H32O2/c1-2-12-38-33(11-1)23-27-45-55-37(17-10-22-52(55)59-56(38)45)34-25-29-49-46(31-34)54-44-18-9-16-36(35-24-26-43-42-15-5-8-21-51(42)58-53(43)32-35)39(44)28-30-50(54)57(49)47-19-6-3-13-40(47)41-14-4-7-20-48(41)57/h1-32H. The number of furan rings is 2. The highest BCUT2D eigenvalue weighted by Crippen LogP contribution is 2.64. The van der Waals surface area contributed by atoms with Crippen molar-refractivity contribution in [3.05, 3.63) is 216 Å². The maximum atomic E-state index is 6.68. The van der Waals surface area contributed by atoms with Crippen molar-refractivity contribution < 1.29 is 8.83 Å². The lowest BCUT2D eigenvalue weighted by Crippen LogP contribution is -2.25.